The highest BCUT2D eigenvalue weighted by Crippen LogP contribution is 2.29. The molecule has 0 bridgehead atoms. The van der Waals surface area contributed by atoms with Crippen LogP contribution in [0.25, 0.3) is 11.1 Å². The fourth-order valence-corrected chi connectivity index (χ4v) is 5.57. The Hall–Kier alpha value is -3.78. The first-order valence-corrected chi connectivity index (χ1v) is 12.8. The average Bonchev–Trinajstić information content (AvgIpc) is 3.48. The van der Waals surface area contributed by atoms with Crippen molar-refractivity contribution in [2.45, 2.75) is 13.0 Å². The normalized spacial score (nSPS) is 15.7. The molecular formula is C27H26N6OS. The topological polar surface area (TPSA) is 65.5 Å². The van der Waals surface area contributed by atoms with Crippen LogP contribution in [0, 0.1) is 0 Å². The summed E-state index contributed by atoms with van der Waals surface area (Å²) in [5.74, 6) is 1.02. The van der Waals surface area contributed by atoms with E-state index in [9.17, 15) is 4.79 Å². The van der Waals surface area contributed by atoms with Crippen LogP contribution in [0.3, 0.4) is 0 Å². The van der Waals surface area contributed by atoms with Gasteiger partial charge in [0, 0.05) is 61.8 Å². The van der Waals surface area contributed by atoms with Crippen LogP contribution in [0.15, 0.2) is 72.5 Å². The number of fused-ring (bicyclic) bond motifs is 1. The van der Waals surface area contributed by atoms with E-state index in [0.717, 1.165) is 65.9 Å². The number of amides is 1. The number of aromatic nitrogens is 3. The van der Waals surface area contributed by atoms with Gasteiger partial charge in [0.25, 0.3) is 5.91 Å². The first-order chi connectivity index (χ1) is 17.3. The Balaban J connectivity index is 1.17. The second kappa shape index (κ2) is 9.46. The van der Waals surface area contributed by atoms with Crippen LogP contribution < -0.4 is 9.80 Å². The number of piperazine rings is 1. The molecule has 0 radical (unpaired) electrons. The first-order valence-electron chi connectivity index (χ1n) is 11.9. The third kappa shape index (κ3) is 4.37. The molecule has 0 unspecified atom stereocenters. The summed E-state index contributed by atoms with van der Waals surface area (Å²) < 4.78 is 0. The predicted octanol–water partition coefficient (Wildman–Crippen LogP) is 4.13. The number of rotatable bonds is 4. The maximum absolute atomic E-state index is 13.4. The highest BCUT2D eigenvalue weighted by molar-refractivity contribution is 7.13. The molecule has 2 aliphatic rings. The molecule has 0 atom stereocenters. The van der Waals surface area contributed by atoms with E-state index in [2.05, 4.69) is 36.9 Å². The molecule has 176 valence electrons. The average molecular weight is 483 g/mol. The Bertz CT molecular complexity index is 1300. The molecule has 2 aromatic carbocycles. The minimum Gasteiger partial charge on any atom is -0.353 e. The summed E-state index contributed by atoms with van der Waals surface area (Å²) in [6, 6.07) is 18.1. The van der Waals surface area contributed by atoms with Gasteiger partial charge in [0.1, 0.15) is 12.1 Å². The van der Waals surface area contributed by atoms with Crippen molar-refractivity contribution in [2.75, 3.05) is 42.5 Å². The smallest absolute Gasteiger partial charge is 0.254 e. The Morgan fingerprint density at radius 1 is 0.800 bits per heavy atom. The number of thiazole rings is 1. The molecule has 0 saturated carbocycles. The standard InChI is InChI=1S/C27H26N6OS/c34-26(22-8-6-21(7-9-22)20-4-2-1-3-5-20)33-12-10-24-23(18-33)25(30-19-29-24)31-13-15-32(16-14-31)27-28-11-17-35-27/h1-9,11,17,19H,10,12-16,18H2. The van der Waals surface area contributed by atoms with Crippen LogP contribution in [-0.2, 0) is 13.0 Å². The van der Waals surface area contributed by atoms with Crippen molar-refractivity contribution in [2.24, 2.45) is 0 Å². The fourth-order valence-electron chi connectivity index (χ4n) is 4.87. The van der Waals surface area contributed by atoms with Crippen molar-refractivity contribution in [1.29, 1.82) is 0 Å². The molecule has 8 heteroatoms. The summed E-state index contributed by atoms with van der Waals surface area (Å²) >= 11 is 1.68. The monoisotopic (exact) mass is 482 g/mol. The lowest BCUT2D eigenvalue weighted by atomic mass is 10.0. The molecule has 2 aromatic heterocycles. The fraction of sp³-hybridized carbons (Fsp3) is 0.259. The molecule has 0 spiro atoms. The van der Waals surface area contributed by atoms with Crippen molar-refractivity contribution in [3.8, 4) is 11.1 Å². The second-order valence-electron chi connectivity index (χ2n) is 8.83. The van der Waals surface area contributed by atoms with Crippen molar-refractivity contribution < 1.29 is 4.79 Å². The van der Waals surface area contributed by atoms with Gasteiger partial charge in [0.05, 0.1) is 12.2 Å². The van der Waals surface area contributed by atoms with Gasteiger partial charge >= 0.3 is 0 Å². The van der Waals surface area contributed by atoms with Crippen molar-refractivity contribution >= 4 is 28.2 Å². The zero-order chi connectivity index (χ0) is 23.6. The van der Waals surface area contributed by atoms with Gasteiger partial charge in [-0.2, -0.15) is 0 Å². The van der Waals surface area contributed by atoms with E-state index < -0.39 is 0 Å². The lowest BCUT2D eigenvalue weighted by molar-refractivity contribution is 0.0733. The quantitative estimate of drug-likeness (QED) is 0.436. The molecule has 7 nitrogen and oxygen atoms in total. The third-order valence-corrected chi connectivity index (χ3v) is 7.61. The summed E-state index contributed by atoms with van der Waals surface area (Å²) in [5.41, 5.74) is 5.11. The van der Waals surface area contributed by atoms with Gasteiger partial charge in [0.15, 0.2) is 5.13 Å². The molecule has 1 saturated heterocycles. The highest BCUT2D eigenvalue weighted by Gasteiger charge is 2.28. The van der Waals surface area contributed by atoms with Crippen LogP contribution >= 0.6 is 11.3 Å². The number of benzene rings is 2. The summed E-state index contributed by atoms with van der Waals surface area (Å²) in [6.07, 6.45) is 4.27. The molecule has 6 rings (SSSR count). The van der Waals surface area contributed by atoms with Gasteiger partial charge in [0.2, 0.25) is 0 Å². The first kappa shape index (κ1) is 21.7. The van der Waals surface area contributed by atoms with E-state index >= 15 is 0 Å². The SMILES string of the molecule is O=C(c1ccc(-c2ccccc2)cc1)N1CCc2ncnc(N3CCN(c4nccs4)CC3)c2C1. The maximum atomic E-state index is 13.4. The van der Waals surface area contributed by atoms with Crippen LogP contribution in [-0.4, -0.2) is 58.5 Å². The summed E-state index contributed by atoms with van der Waals surface area (Å²) in [7, 11) is 0. The molecule has 35 heavy (non-hydrogen) atoms. The van der Waals surface area contributed by atoms with Crippen molar-refractivity contribution in [3.63, 3.8) is 0 Å². The Labute approximate surface area is 208 Å². The Kier molecular flexibility index (Phi) is 5.88. The third-order valence-electron chi connectivity index (χ3n) is 6.77. The van der Waals surface area contributed by atoms with Gasteiger partial charge in [-0.15, -0.1) is 11.3 Å². The molecule has 1 fully saturated rings. The number of nitrogens with zero attached hydrogens (tertiary/aromatic N) is 6. The minimum atomic E-state index is 0.0543. The lowest BCUT2D eigenvalue weighted by Gasteiger charge is -2.37. The zero-order valence-corrected chi connectivity index (χ0v) is 20.2. The number of hydrogen-bond acceptors (Lipinski definition) is 7. The molecule has 4 heterocycles. The largest absolute Gasteiger partial charge is 0.353 e. The van der Waals surface area contributed by atoms with Gasteiger partial charge in [-0.25, -0.2) is 15.0 Å². The van der Waals surface area contributed by atoms with Gasteiger partial charge < -0.3 is 14.7 Å². The van der Waals surface area contributed by atoms with E-state index in [0.29, 0.717) is 18.7 Å². The van der Waals surface area contributed by atoms with Crippen molar-refractivity contribution in [1.82, 2.24) is 19.9 Å². The summed E-state index contributed by atoms with van der Waals surface area (Å²) in [6.45, 7) is 4.76. The molecule has 0 aliphatic carbocycles. The maximum Gasteiger partial charge on any atom is 0.254 e. The second-order valence-corrected chi connectivity index (χ2v) is 9.70. The van der Waals surface area contributed by atoms with E-state index in [1.165, 1.54) is 0 Å². The predicted molar refractivity (Wildman–Crippen MR) is 139 cm³/mol. The van der Waals surface area contributed by atoms with Crippen LogP contribution in [0.4, 0.5) is 10.9 Å². The van der Waals surface area contributed by atoms with Crippen molar-refractivity contribution in [3.05, 3.63) is 89.3 Å². The number of anilines is 2. The van der Waals surface area contributed by atoms with Gasteiger partial charge in [-0.05, 0) is 23.3 Å². The minimum absolute atomic E-state index is 0.0543. The highest BCUT2D eigenvalue weighted by atomic mass is 32.1. The lowest BCUT2D eigenvalue weighted by Crippen LogP contribution is -2.47. The Morgan fingerprint density at radius 2 is 1.54 bits per heavy atom. The molecular weight excluding hydrogens is 456 g/mol. The summed E-state index contributed by atoms with van der Waals surface area (Å²) in [4.78, 5) is 33.6. The zero-order valence-electron chi connectivity index (χ0n) is 19.4. The summed E-state index contributed by atoms with van der Waals surface area (Å²) in [5, 5.41) is 3.09. The number of carbonyl (C=O) groups is 1. The van der Waals surface area contributed by atoms with E-state index in [4.69, 9.17) is 0 Å². The molecule has 1 amide bonds. The Morgan fingerprint density at radius 3 is 2.29 bits per heavy atom. The number of carbonyl (C=O) groups excluding carboxylic acids is 1. The van der Waals surface area contributed by atoms with Gasteiger partial charge in [-0.1, -0.05) is 42.5 Å². The van der Waals surface area contributed by atoms with Crippen LogP contribution in [0.1, 0.15) is 21.6 Å². The van der Waals surface area contributed by atoms with Gasteiger partial charge in [-0.3, -0.25) is 4.79 Å². The number of hydrogen-bond donors (Lipinski definition) is 0. The molecule has 4 aromatic rings. The van der Waals surface area contributed by atoms with E-state index in [1.54, 1.807) is 17.7 Å². The van der Waals surface area contributed by atoms with Crippen LogP contribution in [0.5, 0.6) is 0 Å². The van der Waals surface area contributed by atoms with Crippen LogP contribution in [0.2, 0.25) is 0 Å². The van der Waals surface area contributed by atoms with E-state index in [1.807, 2.05) is 58.9 Å². The van der Waals surface area contributed by atoms with E-state index in [-0.39, 0.29) is 5.91 Å². The molecule has 2 aliphatic heterocycles. The molecule has 0 N–H and O–H groups in total.